The van der Waals surface area contributed by atoms with Crippen LogP contribution in [-0.4, -0.2) is 19.9 Å². The molecule has 0 aliphatic heterocycles. The van der Waals surface area contributed by atoms with E-state index in [1.165, 1.54) is 84.5 Å². The molecule has 0 fully saturated rings. The third-order valence-electron chi connectivity index (χ3n) is 22.7. The topological polar surface area (TPSA) is 77.8 Å². The Hall–Kier alpha value is -14.3. The van der Waals surface area contributed by atoms with Crippen LogP contribution in [0.3, 0.4) is 0 Å². The Balaban J connectivity index is 0.000000134. The summed E-state index contributed by atoms with van der Waals surface area (Å²) in [6.45, 7) is 0. The predicted molar refractivity (Wildman–Crippen MR) is 473 cm³/mol. The summed E-state index contributed by atoms with van der Waals surface area (Å²) in [5, 5.41) is 18.9. The molecule has 24 rings (SSSR count). The molecular weight excluding hydrogens is 1400 g/mol. The van der Waals surface area contributed by atoms with Gasteiger partial charge in [0.15, 0.2) is 0 Å². The largest absolute Gasteiger partial charge is 0.456 e. The summed E-state index contributed by atoms with van der Waals surface area (Å²) < 4.78 is 17.5. The van der Waals surface area contributed by atoms with Crippen molar-refractivity contribution in [3.8, 4) is 89.0 Å². The average molecular weight is 1460 g/mol. The smallest absolute Gasteiger partial charge is 0.135 e. The van der Waals surface area contributed by atoms with E-state index in [2.05, 4.69) is 315 Å². The number of rotatable bonds is 8. The molecule has 0 N–H and O–H groups in total. The van der Waals surface area contributed by atoms with Gasteiger partial charge in [0, 0.05) is 108 Å². The quantitative estimate of drug-likeness (QED) is 0.141. The maximum Gasteiger partial charge on any atom is 0.135 e. The summed E-state index contributed by atoms with van der Waals surface area (Å²) in [7, 11) is 0. The van der Waals surface area contributed by atoms with Crippen LogP contribution < -0.4 is 0 Å². The zero-order valence-corrected chi connectivity index (χ0v) is 61.7. The van der Waals surface area contributed by atoms with E-state index >= 15 is 0 Å². The van der Waals surface area contributed by atoms with E-state index in [-0.39, 0.29) is 0 Å². The third-order valence-corrected chi connectivity index (χ3v) is 25.0. The molecule has 112 heavy (non-hydrogen) atoms. The number of furan rings is 2. The van der Waals surface area contributed by atoms with Gasteiger partial charge < -0.3 is 8.83 Å². The van der Waals surface area contributed by atoms with Gasteiger partial charge in [-0.15, -0.1) is 22.7 Å². The summed E-state index contributed by atoms with van der Waals surface area (Å²) >= 11 is 3.71. The fourth-order valence-corrected chi connectivity index (χ4v) is 19.4. The SMILES string of the molecule is c1cc(-c2ccc3oc4ccccc4c3c2)cc(-c2ccc3c4ccc(-c5cccc(-c6ccc7oc8ccccc8c7c6)c5)cc4c4nccnc4c3c2)c1.c1cc(-c2ccc3sc4ccccc4c3c2)cc(-c2ccc3c4ccc(-c5cccc(-c6ccc7sc8ccccc8c7c6)c5)cc4c4nccnc4c3c2)c1. The molecule has 6 aromatic heterocycles. The van der Waals surface area contributed by atoms with E-state index < -0.39 is 0 Å². The number of nitrogens with zero attached hydrogens (tertiary/aromatic N) is 4. The van der Waals surface area contributed by atoms with Crippen LogP contribution in [0, 0.1) is 0 Å². The van der Waals surface area contributed by atoms with E-state index in [4.69, 9.17) is 28.8 Å². The maximum absolute atomic E-state index is 6.10. The number of thiophene rings is 2. The van der Waals surface area contributed by atoms with Gasteiger partial charge in [-0.1, -0.05) is 218 Å². The molecule has 0 unspecified atom stereocenters. The molecule has 520 valence electrons. The highest BCUT2D eigenvalue weighted by atomic mass is 32.1. The van der Waals surface area contributed by atoms with Gasteiger partial charge in [-0.05, 0) is 232 Å². The van der Waals surface area contributed by atoms with Crippen molar-refractivity contribution in [2.75, 3.05) is 0 Å². The van der Waals surface area contributed by atoms with Crippen LogP contribution in [-0.2, 0) is 0 Å². The predicted octanol–water partition coefficient (Wildman–Crippen LogP) is 29.7. The summed E-state index contributed by atoms with van der Waals surface area (Å²) in [5.74, 6) is 0. The van der Waals surface area contributed by atoms with Gasteiger partial charge in [0.25, 0.3) is 0 Å². The Kier molecular flexibility index (Phi) is 14.6. The molecular formula is C104H60N4O2S2. The van der Waals surface area contributed by atoms with Crippen LogP contribution in [0.25, 0.3) is 238 Å². The normalized spacial score (nSPS) is 11.9. The lowest BCUT2D eigenvalue weighted by Crippen LogP contribution is -1.90. The van der Waals surface area contributed by atoms with Crippen LogP contribution in [0.4, 0.5) is 0 Å². The van der Waals surface area contributed by atoms with Crippen LogP contribution in [0.15, 0.2) is 373 Å². The van der Waals surface area contributed by atoms with E-state index in [0.717, 1.165) is 154 Å². The molecule has 24 aromatic rings. The van der Waals surface area contributed by atoms with E-state index in [9.17, 15) is 0 Å². The van der Waals surface area contributed by atoms with Gasteiger partial charge in [-0.25, -0.2) is 0 Å². The molecule has 6 nitrogen and oxygen atoms in total. The van der Waals surface area contributed by atoms with Crippen molar-refractivity contribution in [2.24, 2.45) is 0 Å². The molecule has 0 saturated heterocycles. The fourth-order valence-electron chi connectivity index (χ4n) is 17.2. The monoisotopic (exact) mass is 1460 g/mol. The van der Waals surface area contributed by atoms with Crippen molar-refractivity contribution in [1.82, 2.24) is 19.9 Å². The molecule has 0 spiro atoms. The van der Waals surface area contributed by atoms with Crippen molar-refractivity contribution in [3.05, 3.63) is 365 Å². The van der Waals surface area contributed by atoms with Gasteiger partial charge in [-0.2, -0.15) is 0 Å². The van der Waals surface area contributed by atoms with Crippen LogP contribution in [0.1, 0.15) is 0 Å². The van der Waals surface area contributed by atoms with Crippen molar-refractivity contribution in [3.63, 3.8) is 0 Å². The Bertz CT molecular complexity index is 7080. The molecule has 0 amide bonds. The Morgan fingerprint density at radius 1 is 0.152 bits per heavy atom. The van der Waals surface area contributed by atoms with Gasteiger partial charge in [0.1, 0.15) is 22.3 Å². The minimum Gasteiger partial charge on any atom is -0.456 e. The summed E-state index contributed by atoms with van der Waals surface area (Å²) in [6.07, 6.45) is 7.21. The van der Waals surface area contributed by atoms with Crippen molar-refractivity contribution in [2.45, 2.75) is 0 Å². The van der Waals surface area contributed by atoms with Crippen LogP contribution in [0.2, 0.25) is 0 Å². The number of benzene rings is 18. The van der Waals surface area contributed by atoms with Crippen molar-refractivity contribution >= 4 is 172 Å². The van der Waals surface area contributed by atoms with Gasteiger partial charge in [-0.3, -0.25) is 19.9 Å². The zero-order chi connectivity index (χ0) is 73.5. The second-order valence-electron chi connectivity index (χ2n) is 29.1. The van der Waals surface area contributed by atoms with E-state index in [1.54, 1.807) is 12.4 Å². The second kappa shape index (κ2) is 25.7. The van der Waals surface area contributed by atoms with Crippen molar-refractivity contribution < 1.29 is 8.83 Å². The maximum atomic E-state index is 6.10. The van der Waals surface area contributed by atoms with Crippen LogP contribution >= 0.6 is 22.7 Å². The first-order chi connectivity index (χ1) is 55.4. The standard InChI is InChI=1S/C52H30N2O2.C52H30N2S2/c2*1-3-13-47-41(11-1)43-27-37(17-21-49(43)55-47)33-9-5-7-31(25-33)35-15-19-39-40-20-16-36(30-46(40)52-51(45(39)29-35)53-23-24-54-52)32-8-6-10-34(26-32)38-18-22-50-44(28-38)42-12-2-4-14-48(42)56-50/h2*1-30H. The Labute approximate surface area is 649 Å². The average Bonchev–Trinajstić information content (AvgIpc) is 1.10. The van der Waals surface area contributed by atoms with E-state index in [1.807, 2.05) is 59.3 Å². The minimum absolute atomic E-state index is 0.900. The molecule has 0 bridgehead atoms. The number of hydrogen-bond acceptors (Lipinski definition) is 8. The first kappa shape index (κ1) is 63.8. The number of aromatic nitrogens is 4. The molecule has 0 radical (unpaired) electrons. The number of fused-ring (bicyclic) bond motifs is 24. The lowest BCUT2D eigenvalue weighted by molar-refractivity contribution is 0.668. The lowest BCUT2D eigenvalue weighted by atomic mass is 9.92. The van der Waals surface area contributed by atoms with Gasteiger partial charge in [0.05, 0.1) is 22.1 Å². The summed E-state index contributed by atoms with van der Waals surface area (Å²) in [4.78, 5) is 19.7. The minimum atomic E-state index is 0.900. The van der Waals surface area contributed by atoms with Crippen LogP contribution in [0.5, 0.6) is 0 Å². The zero-order valence-electron chi connectivity index (χ0n) is 60.1. The third kappa shape index (κ3) is 10.7. The molecule has 0 atom stereocenters. The fraction of sp³-hybridized carbons (Fsp3) is 0. The number of para-hydroxylation sites is 2. The first-order valence-corrected chi connectivity index (χ1v) is 39.4. The molecule has 6 heterocycles. The Morgan fingerprint density at radius 3 is 0.705 bits per heavy atom. The summed E-state index contributed by atoms with van der Waals surface area (Å²) in [6, 6.07) is 123. The molecule has 0 aliphatic rings. The van der Waals surface area contributed by atoms with Gasteiger partial charge in [0.2, 0.25) is 0 Å². The first-order valence-electron chi connectivity index (χ1n) is 37.7. The molecule has 0 aliphatic carbocycles. The number of hydrogen-bond donors (Lipinski definition) is 0. The molecule has 0 saturated carbocycles. The molecule has 18 aromatic carbocycles. The highest BCUT2D eigenvalue weighted by molar-refractivity contribution is 7.26. The second-order valence-corrected chi connectivity index (χ2v) is 31.3. The van der Waals surface area contributed by atoms with Crippen molar-refractivity contribution in [1.29, 1.82) is 0 Å². The Morgan fingerprint density at radius 2 is 0.384 bits per heavy atom. The lowest BCUT2D eigenvalue weighted by Gasteiger charge is -2.13. The van der Waals surface area contributed by atoms with Gasteiger partial charge >= 0.3 is 0 Å². The summed E-state index contributed by atoms with van der Waals surface area (Å²) in [5.41, 5.74) is 26.0. The highest BCUT2D eigenvalue weighted by Crippen LogP contribution is 2.45. The molecule has 8 heteroatoms. The van der Waals surface area contributed by atoms with E-state index in [0.29, 0.717) is 0 Å². The highest BCUT2D eigenvalue weighted by Gasteiger charge is 2.20.